The van der Waals surface area contributed by atoms with Crippen LogP contribution in [0.3, 0.4) is 0 Å². The molecular weight excluding hydrogens is 244 g/mol. The predicted molar refractivity (Wildman–Crippen MR) is 75.1 cm³/mol. The third kappa shape index (κ3) is 5.47. The van der Waals surface area contributed by atoms with E-state index in [1.54, 1.807) is 7.11 Å². The monoisotopic (exact) mass is 272 g/mol. The maximum absolute atomic E-state index is 12.0. The van der Waals surface area contributed by atoms with Gasteiger partial charge in [0.1, 0.15) is 6.61 Å². The number of hydrogen-bond acceptors (Lipinski definition) is 4. The summed E-state index contributed by atoms with van der Waals surface area (Å²) in [5.41, 5.74) is 0. The Bertz CT molecular complexity index is 261. The minimum absolute atomic E-state index is 0.101. The van der Waals surface area contributed by atoms with Crippen LogP contribution in [-0.4, -0.2) is 63.4 Å². The number of nitrogens with zero attached hydrogens (tertiary/aromatic N) is 1. The Hall–Kier alpha value is -0.650. The smallest absolute Gasteiger partial charge is 0.248 e. The summed E-state index contributed by atoms with van der Waals surface area (Å²) in [5.74, 6) is 0.654. The molecule has 0 aliphatic carbocycles. The highest BCUT2D eigenvalue weighted by molar-refractivity contribution is 5.77. The van der Waals surface area contributed by atoms with Gasteiger partial charge in [0.15, 0.2) is 0 Å². The summed E-state index contributed by atoms with van der Waals surface area (Å²) in [7, 11) is 1.63. The van der Waals surface area contributed by atoms with Crippen LogP contribution in [0.5, 0.6) is 0 Å². The first-order valence-corrected chi connectivity index (χ1v) is 7.30. The number of ether oxygens (including phenoxy) is 2. The van der Waals surface area contributed by atoms with E-state index in [9.17, 15) is 4.79 Å². The lowest BCUT2D eigenvalue weighted by Crippen LogP contribution is -2.51. The summed E-state index contributed by atoms with van der Waals surface area (Å²) in [4.78, 5) is 14.0. The number of carbonyl (C=O) groups is 1. The molecule has 0 radical (unpaired) electrons. The quantitative estimate of drug-likeness (QED) is 0.667. The van der Waals surface area contributed by atoms with Gasteiger partial charge >= 0.3 is 0 Å². The average molecular weight is 272 g/mol. The number of hydrogen-bond donors (Lipinski definition) is 1. The van der Waals surface area contributed by atoms with Crippen molar-refractivity contribution >= 4 is 5.91 Å². The highest BCUT2D eigenvalue weighted by Crippen LogP contribution is 2.20. The lowest BCUT2D eigenvalue weighted by Gasteiger charge is -2.38. The second-order valence-electron chi connectivity index (χ2n) is 5.01. The van der Waals surface area contributed by atoms with Gasteiger partial charge in [-0.3, -0.25) is 4.79 Å². The normalized spacial score (nSPS) is 23.6. The molecule has 1 saturated heterocycles. The molecule has 1 aliphatic heterocycles. The third-order valence-corrected chi connectivity index (χ3v) is 3.73. The Balaban J connectivity index is 2.33. The van der Waals surface area contributed by atoms with Crippen LogP contribution >= 0.6 is 0 Å². The van der Waals surface area contributed by atoms with E-state index < -0.39 is 0 Å². The van der Waals surface area contributed by atoms with Gasteiger partial charge in [-0.05, 0) is 18.9 Å². The Morgan fingerprint density at radius 2 is 2.16 bits per heavy atom. The standard InChI is InChI=1S/C14H28N2O3/c1-4-12-10-16(7-6-13(12)15-5-2)14(17)11-19-9-8-18-3/h12-13,15H,4-11H2,1-3H3. The molecule has 0 saturated carbocycles. The zero-order valence-corrected chi connectivity index (χ0v) is 12.5. The van der Waals surface area contributed by atoms with E-state index in [0.717, 1.165) is 32.5 Å². The van der Waals surface area contributed by atoms with Crippen LogP contribution in [0.2, 0.25) is 0 Å². The fourth-order valence-electron chi connectivity index (χ4n) is 2.60. The van der Waals surface area contributed by atoms with E-state index in [1.165, 1.54) is 0 Å². The lowest BCUT2D eigenvalue weighted by atomic mass is 9.90. The summed E-state index contributed by atoms with van der Waals surface area (Å²) >= 11 is 0. The van der Waals surface area contributed by atoms with Crippen molar-refractivity contribution in [1.82, 2.24) is 10.2 Å². The lowest BCUT2D eigenvalue weighted by molar-refractivity contribution is -0.138. The molecule has 1 heterocycles. The molecule has 2 unspecified atom stereocenters. The van der Waals surface area contributed by atoms with Gasteiger partial charge in [0.05, 0.1) is 13.2 Å². The molecule has 1 amide bonds. The van der Waals surface area contributed by atoms with Crippen molar-refractivity contribution in [2.75, 3.05) is 46.6 Å². The summed E-state index contributed by atoms with van der Waals surface area (Å²) in [6.45, 7) is 8.19. The van der Waals surface area contributed by atoms with Crippen molar-refractivity contribution in [3.63, 3.8) is 0 Å². The molecule has 0 spiro atoms. The van der Waals surface area contributed by atoms with Crippen molar-refractivity contribution in [3.05, 3.63) is 0 Å². The fraction of sp³-hybridized carbons (Fsp3) is 0.929. The molecule has 5 heteroatoms. The number of carbonyl (C=O) groups excluding carboxylic acids is 1. The van der Waals surface area contributed by atoms with Gasteiger partial charge in [-0.1, -0.05) is 20.3 Å². The number of methoxy groups -OCH3 is 1. The fourth-order valence-corrected chi connectivity index (χ4v) is 2.60. The molecule has 5 nitrogen and oxygen atoms in total. The van der Waals surface area contributed by atoms with Crippen LogP contribution in [0.15, 0.2) is 0 Å². The molecule has 19 heavy (non-hydrogen) atoms. The van der Waals surface area contributed by atoms with Gasteiger partial charge in [0.2, 0.25) is 5.91 Å². The largest absolute Gasteiger partial charge is 0.382 e. The van der Waals surface area contributed by atoms with E-state index in [2.05, 4.69) is 19.2 Å². The van der Waals surface area contributed by atoms with Crippen molar-refractivity contribution < 1.29 is 14.3 Å². The van der Waals surface area contributed by atoms with E-state index in [-0.39, 0.29) is 12.5 Å². The molecule has 1 rings (SSSR count). The minimum atomic E-state index is 0.101. The second-order valence-corrected chi connectivity index (χ2v) is 5.01. The first kappa shape index (κ1) is 16.4. The van der Waals surface area contributed by atoms with Crippen LogP contribution in [-0.2, 0) is 14.3 Å². The molecule has 0 aromatic carbocycles. The Labute approximate surface area is 116 Å². The molecule has 1 aliphatic rings. The summed E-state index contributed by atoms with van der Waals surface area (Å²) in [6.07, 6.45) is 2.14. The average Bonchev–Trinajstić information content (AvgIpc) is 2.44. The van der Waals surface area contributed by atoms with Crippen molar-refractivity contribution in [1.29, 1.82) is 0 Å². The topological polar surface area (TPSA) is 50.8 Å². The van der Waals surface area contributed by atoms with E-state index >= 15 is 0 Å². The Kier molecular flexibility index (Phi) is 8.02. The van der Waals surface area contributed by atoms with Crippen LogP contribution in [0, 0.1) is 5.92 Å². The van der Waals surface area contributed by atoms with Crippen molar-refractivity contribution in [2.45, 2.75) is 32.7 Å². The van der Waals surface area contributed by atoms with Crippen LogP contribution < -0.4 is 5.32 Å². The molecule has 0 bridgehead atoms. The highest BCUT2D eigenvalue weighted by atomic mass is 16.5. The third-order valence-electron chi connectivity index (χ3n) is 3.73. The van der Waals surface area contributed by atoms with Gasteiger partial charge in [-0.15, -0.1) is 0 Å². The number of rotatable bonds is 8. The molecule has 1 N–H and O–H groups in total. The SMILES string of the molecule is CCNC1CCN(C(=O)COCCOC)CC1CC. The van der Waals surface area contributed by atoms with Gasteiger partial charge in [0, 0.05) is 26.2 Å². The van der Waals surface area contributed by atoms with Gasteiger partial charge in [-0.25, -0.2) is 0 Å². The minimum Gasteiger partial charge on any atom is -0.382 e. The van der Waals surface area contributed by atoms with Crippen molar-refractivity contribution in [3.8, 4) is 0 Å². The molecular formula is C14H28N2O3. The molecule has 112 valence electrons. The zero-order chi connectivity index (χ0) is 14.1. The molecule has 2 atom stereocenters. The van der Waals surface area contributed by atoms with Gasteiger partial charge in [0.25, 0.3) is 0 Å². The van der Waals surface area contributed by atoms with Gasteiger partial charge in [-0.2, -0.15) is 0 Å². The van der Waals surface area contributed by atoms with E-state index in [1.807, 2.05) is 4.90 Å². The first-order valence-electron chi connectivity index (χ1n) is 7.30. The van der Waals surface area contributed by atoms with Crippen molar-refractivity contribution in [2.24, 2.45) is 5.92 Å². The number of piperidine rings is 1. The summed E-state index contributed by atoms with van der Waals surface area (Å²) in [6, 6.07) is 0.549. The maximum atomic E-state index is 12.0. The highest BCUT2D eigenvalue weighted by Gasteiger charge is 2.29. The summed E-state index contributed by atoms with van der Waals surface area (Å²) < 4.78 is 10.2. The van der Waals surface area contributed by atoms with Crippen LogP contribution in [0.4, 0.5) is 0 Å². The number of nitrogens with one attached hydrogen (secondary N) is 1. The Morgan fingerprint density at radius 1 is 1.37 bits per heavy atom. The second kappa shape index (κ2) is 9.28. The first-order chi connectivity index (χ1) is 9.22. The van der Waals surface area contributed by atoms with E-state index in [0.29, 0.717) is 25.2 Å². The molecule has 1 fully saturated rings. The number of amides is 1. The zero-order valence-electron chi connectivity index (χ0n) is 12.5. The van der Waals surface area contributed by atoms with Crippen LogP contribution in [0.25, 0.3) is 0 Å². The number of likely N-dealkylation sites (tertiary alicyclic amines) is 1. The van der Waals surface area contributed by atoms with Gasteiger partial charge < -0.3 is 19.7 Å². The predicted octanol–water partition coefficient (Wildman–Crippen LogP) is 0.886. The Morgan fingerprint density at radius 3 is 2.79 bits per heavy atom. The molecule has 0 aromatic heterocycles. The van der Waals surface area contributed by atoms with Crippen LogP contribution in [0.1, 0.15) is 26.7 Å². The van der Waals surface area contributed by atoms with E-state index in [4.69, 9.17) is 9.47 Å². The molecule has 0 aromatic rings. The maximum Gasteiger partial charge on any atom is 0.248 e. The summed E-state index contributed by atoms with van der Waals surface area (Å²) in [5, 5.41) is 3.52.